The highest BCUT2D eigenvalue weighted by molar-refractivity contribution is 5.75. The van der Waals surface area contributed by atoms with Gasteiger partial charge in [0.15, 0.2) is 5.96 Å². The number of aryl methyl sites for hydroxylation is 1. The summed E-state index contributed by atoms with van der Waals surface area (Å²) in [5.74, 6) is 1.17. The molecule has 0 aromatic carbocycles. The van der Waals surface area contributed by atoms with Gasteiger partial charge >= 0.3 is 0 Å². The maximum Gasteiger partial charge on any atom is 0.186 e. The van der Waals surface area contributed by atoms with Crippen LogP contribution in [0.15, 0.2) is 17.1 Å². The predicted octanol–water partition coefficient (Wildman–Crippen LogP) is 0.764. The van der Waals surface area contributed by atoms with Crippen LogP contribution in [-0.4, -0.2) is 24.0 Å². The monoisotopic (exact) mass is 233 g/mol. The number of nitrogens with zero attached hydrogens (tertiary/aromatic N) is 3. The second-order valence-electron chi connectivity index (χ2n) is 4.41. The van der Waals surface area contributed by atoms with E-state index in [1.54, 1.807) is 0 Å². The van der Waals surface area contributed by atoms with Gasteiger partial charge in [0.2, 0.25) is 0 Å². The minimum absolute atomic E-state index is 0.127. The standard InChI is InChI=1S/C12H19N5/c1-9-6-10(8-15-12(13)14)7-11(16-9)17-4-2-3-5-17/h6-7H,2-5,8H2,1H3,(H4,13,14,15). The van der Waals surface area contributed by atoms with E-state index >= 15 is 0 Å². The number of pyridine rings is 1. The third-order valence-corrected chi connectivity index (χ3v) is 2.87. The highest BCUT2D eigenvalue weighted by atomic mass is 15.2. The number of aromatic nitrogens is 1. The van der Waals surface area contributed by atoms with Crippen LogP contribution in [0.2, 0.25) is 0 Å². The zero-order valence-electron chi connectivity index (χ0n) is 10.2. The van der Waals surface area contributed by atoms with E-state index in [9.17, 15) is 0 Å². The molecule has 92 valence electrons. The van der Waals surface area contributed by atoms with Crippen molar-refractivity contribution in [3.05, 3.63) is 23.4 Å². The van der Waals surface area contributed by atoms with Crippen LogP contribution in [-0.2, 0) is 6.54 Å². The van der Waals surface area contributed by atoms with Gasteiger partial charge in [-0.3, -0.25) is 0 Å². The molecule has 5 nitrogen and oxygen atoms in total. The molecule has 1 aromatic heterocycles. The average molecular weight is 233 g/mol. The second-order valence-corrected chi connectivity index (χ2v) is 4.41. The summed E-state index contributed by atoms with van der Waals surface area (Å²) < 4.78 is 0. The van der Waals surface area contributed by atoms with Crippen molar-refractivity contribution in [2.45, 2.75) is 26.3 Å². The Morgan fingerprint density at radius 1 is 1.35 bits per heavy atom. The Morgan fingerprint density at radius 3 is 2.71 bits per heavy atom. The van der Waals surface area contributed by atoms with Gasteiger partial charge in [-0.25, -0.2) is 9.98 Å². The molecule has 2 rings (SSSR count). The first-order valence-electron chi connectivity index (χ1n) is 5.93. The number of aliphatic imine (C=N–C) groups is 1. The van der Waals surface area contributed by atoms with Gasteiger partial charge in [0.05, 0.1) is 6.54 Å². The molecule has 0 atom stereocenters. The zero-order valence-corrected chi connectivity index (χ0v) is 10.2. The fraction of sp³-hybridized carbons (Fsp3) is 0.500. The molecule has 5 heteroatoms. The number of hydrogen-bond acceptors (Lipinski definition) is 3. The van der Waals surface area contributed by atoms with Crippen LogP contribution in [0.5, 0.6) is 0 Å². The van der Waals surface area contributed by atoms with E-state index in [0.29, 0.717) is 6.54 Å². The summed E-state index contributed by atoms with van der Waals surface area (Å²) in [4.78, 5) is 10.9. The highest BCUT2D eigenvalue weighted by Crippen LogP contribution is 2.20. The molecule has 0 radical (unpaired) electrons. The van der Waals surface area contributed by atoms with Crippen LogP contribution in [0.3, 0.4) is 0 Å². The van der Waals surface area contributed by atoms with Crippen LogP contribution >= 0.6 is 0 Å². The zero-order chi connectivity index (χ0) is 12.3. The second kappa shape index (κ2) is 5.03. The van der Waals surface area contributed by atoms with E-state index < -0.39 is 0 Å². The van der Waals surface area contributed by atoms with E-state index in [1.807, 2.05) is 13.0 Å². The first-order chi connectivity index (χ1) is 8.15. The first kappa shape index (κ1) is 11.7. The Balaban J connectivity index is 2.19. The van der Waals surface area contributed by atoms with Gasteiger partial charge in [-0.1, -0.05) is 0 Å². The molecule has 0 amide bonds. The molecular weight excluding hydrogens is 214 g/mol. The molecule has 1 aliphatic rings. The topological polar surface area (TPSA) is 80.5 Å². The molecule has 0 bridgehead atoms. The number of rotatable bonds is 3. The number of guanidine groups is 1. The Kier molecular flexibility index (Phi) is 3.46. The minimum Gasteiger partial charge on any atom is -0.370 e. The molecule has 17 heavy (non-hydrogen) atoms. The van der Waals surface area contributed by atoms with Crippen molar-refractivity contribution in [1.29, 1.82) is 0 Å². The van der Waals surface area contributed by atoms with Crippen LogP contribution < -0.4 is 16.4 Å². The van der Waals surface area contributed by atoms with Crippen molar-refractivity contribution >= 4 is 11.8 Å². The Labute approximate surface area is 102 Å². The number of nitrogens with two attached hydrogens (primary N) is 2. The fourth-order valence-corrected chi connectivity index (χ4v) is 2.10. The summed E-state index contributed by atoms with van der Waals surface area (Å²) in [6.45, 7) is 4.71. The van der Waals surface area contributed by atoms with E-state index in [2.05, 4.69) is 20.9 Å². The molecule has 1 aliphatic heterocycles. The maximum absolute atomic E-state index is 5.34. The third kappa shape index (κ3) is 3.09. The van der Waals surface area contributed by atoms with E-state index in [4.69, 9.17) is 11.5 Å². The molecular formula is C12H19N5. The molecule has 1 saturated heterocycles. The van der Waals surface area contributed by atoms with Gasteiger partial charge in [0.25, 0.3) is 0 Å². The van der Waals surface area contributed by atoms with Crippen molar-refractivity contribution in [3.63, 3.8) is 0 Å². The van der Waals surface area contributed by atoms with Crippen LogP contribution in [0.1, 0.15) is 24.1 Å². The smallest absolute Gasteiger partial charge is 0.186 e. The average Bonchev–Trinajstić information content (AvgIpc) is 2.79. The largest absolute Gasteiger partial charge is 0.370 e. The lowest BCUT2D eigenvalue weighted by molar-refractivity contribution is 0.918. The molecule has 0 aliphatic carbocycles. The van der Waals surface area contributed by atoms with E-state index in [1.165, 1.54) is 12.8 Å². The fourth-order valence-electron chi connectivity index (χ4n) is 2.10. The predicted molar refractivity (Wildman–Crippen MR) is 69.9 cm³/mol. The summed E-state index contributed by atoms with van der Waals surface area (Å²) in [5.41, 5.74) is 12.8. The van der Waals surface area contributed by atoms with Gasteiger partial charge in [0.1, 0.15) is 5.82 Å². The Hall–Kier alpha value is -1.78. The van der Waals surface area contributed by atoms with Crippen LogP contribution in [0.25, 0.3) is 0 Å². The molecule has 1 aromatic rings. The van der Waals surface area contributed by atoms with Crippen molar-refractivity contribution < 1.29 is 0 Å². The first-order valence-corrected chi connectivity index (χ1v) is 5.93. The third-order valence-electron chi connectivity index (χ3n) is 2.87. The van der Waals surface area contributed by atoms with Gasteiger partial charge in [-0.05, 0) is 37.5 Å². The van der Waals surface area contributed by atoms with Crippen molar-refractivity contribution in [1.82, 2.24) is 4.98 Å². The lowest BCUT2D eigenvalue weighted by Gasteiger charge is -2.17. The molecule has 0 unspecified atom stereocenters. The van der Waals surface area contributed by atoms with Crippen LogP contribution in [0, 0.1) is 6.92 Å². The van der Waals surface area contributed by atoms with E-state index in [-0.39, 0.29) is 5.96 Å². The van der Waals surface area contributed by atoms with Gasteiger partial charge in [-0.15, -0.1) is 0 Å². The van der Waals surface area contributed by atoms with E-state index in [0.717, 1.165) is 30.2 Å². The quantitative estimate of drug-likeness (QED) is 0.596. The SMILES string of the molecule is Cc1cc(CN=C(N)N)cc(N2CCCC2)n1. The minimum atomic E-state index is 0.127. The molecule has 0 saturated carbocycles. The van der Waals surface area contributed by atoms with Crippen molar-refractivity contribution in [2.24, 2.45) is 16.5 Å². The van der Waals surface area contributed by atoms with Crippen LogP contribution in [0.4, 0.5) is 5.82 Å². The summed E-state index contributed by atoms with van der Waals surface area (Å²) in [5, 5.41) is 0. The highest BCUT2D eigenvalue weighted by Gasteiger charge is 2.14. The molecule has 1 fully saturated rings. The Bertz CT molecular complexity index is 417. The molecule has 2 heterocycles. The lowest BCUT2D eigenvalue weighted by atomic mass is 10.2. The molecule has 0 spiro atoms. The lowest BCUT2D eigenvalue weighted by Crippen LogP contribution is -2.22. The summed E-state index contributed by atoms with van der Waals surface area (Å²) in [7, 11) is 0. The number of anilines is 1. The van der Waals surface area contributed by atoms with Gasteiger partial charge in [-0.2, -0.15) is 0 Å². The van der Waals surface area contributed by atoms with Gasteiger partial charge in [0, 0.05) is 18.8 Å². The van der Waals surface area contributed by atoms with Crippen molar-refractivity contribution in [3.8, 4) is 0 Å². The maximum atomic E-state index is 5.34. The van der Waals surface area contributed by atoms with Crippen molar-refractivity contribution in [2.75, 3.05) is 18.0 Å². The Morgan fingerprint density at radius 2 is 2.06 bits per heavy atom. The normalized spacial score (nSPS) is 15.0. The summed E-state index contributed by atoms with van der Waals surface area (Å²) >= 11 is 0. The summed E-state index contributed by atoms with van der Waals surface area (Å²) in [6.07, 6.45) is 2.50. The summed E-state index contributed by atoms with van der Waals surface area (Å²) in [6, 6.07) is 4.09. The molecule has 4 N–H and O–H groups in total. The number of hydrogen-bond donors (Lipinski definition) is 2. The van der Waals surface area contributed by atoms with Gasteiger partial charge < -0.3 is 16.4 Å².